The number of benzene rings is 1. The molecule has 20 heavy (non-hydrogen) atoms. The molecule has 0 saturated carbocycles. The topological polar surface area (TPSA) is 46.5 Å². The summed E-state index contributed by atoms with van der Waals surface area (Å²) in [6.07, 6.45) is 7.61. The summed E-state index contributed by atoms with van der Waals surface area (Å²) in [6, 6.07) is 8.35. The van der Waals surface area contributed by atoms with Gasteiger partial charge in [0.05, 0.1) is 6.61 Å². The van der Waals surface area contributed by atoms with Gasteiger partial charge in [-0.05, 0) is 43.4 Å². The van der Waals surface area contributed by atoms with Crippen molar-refractivity contribution in [3.8, 4) is 5.75 Å². The number of aryl methyl sites for hydroxylation is 1. The Hall–Kier alpha value is -1.51. The Morgan fingerprint density at radius 2 is 1.75 bits per heavy atom. The van der Waals surface area contributed by atoms with Crippen LogP contribution in [0, 0.1) is 0 Å². The molecule has 1 rings (SSSR count). The van der Waals surface area contributed by atoms with E-state index >= 15 is 0 Å². The van der Waals surface area contributed by atoms with Crippen LogP contribution >= 0.6 is 0 Å². The third-order valence-electron chi connectivity index (χ3n) is 3.30. The van der Waals surface area contributed by atoms with E-state index in [4.69, 9.17) is 9.84 Å². The highest BCUT2D eigenvalue weighted by molar-refractivity contribution is 5.66. The highest BCUT2D eigenvalue weighted by Gasteiger charge is 1.98. The summed E-state index contributed by atoms with van der Waals surface area (Å²) < 4.78 is 5.68. The van der Waals surface area contributed by atoms with Crippen molar-refractivity contribution in [2.24, 2.45) is 0 Å². The maximum absolute atomic E-state index is 10.3. The second-order valence-corrected chi connectivity index (χ2v) is 5.15. The molecule has 1 aromatic rings. The molecule has 1 aromatic carbocycles. The predicted molar refractivity (Wildman–Crippen MR) is 81.3 cm³/mol. The lowest BCUT2D eigenvalue weighted by molar-refractivity contribution is -0.137. The minimum atomic E-state index is -0.704. The van der Waals surface area contributed by atoms with E-state index in [1.165, 1.54) is 18.4 Å². The lowest BCUT2D eigenvalue weighted by atomic mass is 10.1. The Bertz CT molecular complexity index is 370. The molecule has 0 spiro atoms. The number of aliphatic carboxylic acids is 1. The molecule has 3 heteroatoms. The zero-order chi connectivity index (χ0) is 14.6. The first-order valence-corrected chi connectivity index (χ1v) is 7.66. The van der Waals surface area contributed by atoms with Gasteiger partial charge in [-0.3, -0.25) is 4.79 Å². The standard InChI is InChI=1S/C17H26O3/c1-2-3-8-15-10-12-16(13-11-15)20-14-7-5-4-6-9-17(18)19/h10-13H,2-9,14H2,1H3,(H,18,19). The van der Waals surface area contributed by atoms with E-state index in [1.807, 2.05) is 12.1 Å². The largest absolute Gasteiger partial charge is 0.494 e. The van der Waals surface area contributed by atoms with E-state index in [9.17, 15) is 4.79 Å². The molecule has 0 amide bonds. The third-order valence-corrected chi connectivity index (χ3v) is 3.30. The van der Waals surface area contributed by atoms with Gasteiger partial charge in [-0.2, -0.15) is 0 Å². The highest BCUT2D eigenvalue weighted by Crippen LogP contribution is 2.14. The normalized spacial score (nSPS) is 10.4. The van der Waals surface area contributed by atoms with Gasteiger partial charge in [0.1, 0.15) is 5.75 Å². The quantitative estimate of drug-likeness (QED) is 0.608. The molecule has 3 nitrogen and oxygen atoms in total. The number of rotatable bonds is 11. The Balaban J connectivity index is 2.08. The van der Waals surface area contributed by atoms with Crippen molar-refractivity contribution >= 4 is 5.97 Å². The first-order valence-electron chi connectivity index (χ1n) is 7.66. The molecule has 0 unspecified atom stereocenters. The van der Waals surface area contributed by atoms with Gasteiger partial charge in [0, 0.05) is 6.42 Å². The highest BCUT2D eigenvalue weighted by atomic mass is 16.5. The zero-order valence-electron chi connectivity index (χ0n) is 12.4. The van der Waals surface area contributed by atoms with Gasteiger partial charge in [0.2, 0.25) is 0 Å². The number of carboxylic acid groups (broad SMARTS) is 1. The molecule has 0 aliphatic rings. The minimum Gasteiger partial charge on any atom is -0.494 e. The van der Waals surface area contributed by atoms with Gasteiger partial charge in [0.15, 0.2) is 0 Å². The summed E-state index contributed by atoms with van der Waals surface area (Å²) in [7, 11) is 0. The van der Waals surface area contributed by atoms with Crippen LogP contribution in [0.5, 0.6) is 5.75 Å². The van der Waals surface area contributed by atoms with Crippen molar-refractivity contribution in [3.63, 3.8) is 0 Å². The van der Waals surface area contributed by atoms with E-state index in [0.717, 1.165) is 37.9 Å². The van der Waals surface area contributed by atoms with Crippen molar-refractivity contribution in [1.82, 2.24) is 0 Å². The van der Waals surface area contributed by atoms with Crippen LogP contribution in [0.25, 0.3) is 0 Å². The molecule has 0 radical (unpaired) electrons. The zero-order valence-corrected chi connectivity index (χ0v) is 12.4. The van der Waals surface area contributed by atoms with Crippen LogP contribution in [0.3, 0.4) is 0 Å². The van der Waals surface area contributed by atoms with Crippen molar-refractivity contribution < 1.29 is 14.6 Å². The molecule has 0 fully saturated rings. The number of unbranched alkanes of at least 4 members (excludes halogenated alkanes) is 4. The Morgan fingerprint density at radius 3 is 2.40 bits per heavy atom. The molecule has 0 heterocycles. The Morgan fingerprint density at radius 1 is 1.05 bits per heavy atom. The van der Waals surface area contributed by atoms with E-state index in [0.29, 0.717) is 6.61 Å². The van der Waals surface area contributed by atoms with Crippen LogP contribution in [-0.4, -0.2) is 17.7 Å². The molecule has 0 aliphatic carbocycles. The third kappa shape index (κ3) is 7.82. The fourth-order valence-corrected chi connectivity index (χ4v) is 2.06. The van der Waals surface area contributed by atoms with Crippen LogP contribution in [0.2, 0.25) is 0 Å². The summed E-state index contributed by atoms with van der Waals surface area (Å²) >= 11 is 0. The lowest BCUT2D eigenvalue weighted by Gasteiger charge is -2.07. The molecule has 0 saturated heterocycles. The van der Waals surface area contributed by atoms with E-state index in [1.54, 1.807) is 0 Å². The SMILES string of the molecule is CCCCc1ccc(OCCCCCCC(=O)O)cc1. The predicted octanol–water partition coefficient (Wildman–Crippen LogP) is 4.44. The van der Waals surface area contributed by atoms with Gasteiger partial charge in [0.25, 0.3) is 0 Å². The van der Waals surface area contributed by atoms with Gasteiger partial charge in [-0.15, -0.1) is 0 Å². The van der Waals surface area contributed by atoms with Gasteiger partial charge < -0.3 is 9.84 Å². The van der Waals surface area contributed by atoms with Gasteiger partial charge >= 0.3 is 5.97 Å². The molecule has 0 bridgehead atoms. The lowest BCUT2D eigenvalue weighted by Crippen LogP contribution is -1.98. The van der Waals surface area contributed by atoms with Crippen LogP contribution < -0.4 is 4.74 Å². The summed E-state index contributed by atoms with van der Waals surface area (Å²) in [6.45, 7) is 2.91. The fourth-order valence-electron chi connectivity index (χ4n) is 2.06. The molecule has 1 N–H and O–H groups in total. The van der Waals surface area contributed by atoms with Crippen molar-refractivity contribution in [2.75, 3.05) is 6.61 Å². The van der Waals surface area contributed by atoms with E-state index < -0.39 is 5.97 Å². The smallest absolute Gasteiger partial charge is 0.303 e. The maximum Gasteiger partial charge on any atom is 0.303 e. The van der Waals surface area contributed by atoms with Gasteiger partial charge in [-0.25, -0.2) is 0 Å². The van der Waals surface area contributed by atoms with Crippen LogP contribution in [0.15, 0.2) is 24.3 Å². The fraction of sp³-hybridized carbons (Fsp3) is 0.588. The molecular formula is C17H26O3. The van der Waals surface area contributed by atoms with Crippen LogP contribution in [-0.2, 0) is 11.2 Å². The second-order valence-electron chi connectivity index (χ2n) is 5.15. The molecule has 0 aromatic heterocycles. The summed E-state index contributed by atoms with van der Waals surface area (Å²) in [5, 5.41) is 8.52. The van der Waals surface area contributed by atoms with Crippen molar-refractivity contribution in [3.05, 3.63) is 29.8 Å². The molecule has 0 aliphatic heterocycles. The number of hydrogen-bond donors (Lipinski definition) is 1. The Kier molecular flexibility index (Phi) is 8.52. The first-order chi connectivity index (χ1) is 9.72. The number of ether oxygens (including phenoxy) is 1. The average Bonchev–Trinajstić information content (AvgIpc) is 2.45. The molecular weight excluding hydrogens is 252 g/mol. The number of hydrogen-bond acceptors (Lipinski definition) is 2. The summed E-state index contributed by atoms with van der Waals surface area (Å²) in [4.78, 5) is 10.3. The van der Waals surface area contributed by atoms with Crippen molar-refractivity contribution in [1.29, 1.82) is 0 Å². The number of carboxylic acids is 1. The summed E-state index contributed by atoms with van der Waals surface area (Å²) in [5.74, 6) is 0.222. The van der Waals surface area contributed by atoms with E-state index in [-0.39, 0.29) is 6.42 Å². The number of carbonyl (C=O) groups is 1. The van der Waals surface area contributed by atoms with E-state index in [2.05, 4.69) is 19.1 Å². The summed E-state index contributed by atoms with van der Waals surface area (Å²) in [5.41, 5.74) is 1.37. The monoisotopic (exact) mass is 278 g/mol. The minimum absolute atomic E-state index is 0.278. The molecule has 112 valence electrons. The van der Waals surface area contributed by atoms with Gasteiger partial charge in [-0.1, -0.05) is 38.3 Å². The Labute approximate surface area is 122 Å². The van der Waals surface area contributed by atoms with Crippen LogP contribution in [0.1, 0.15) is 57.4 Å². The first kappa shape index (κ1) is 16.5. The molecule has 0 atom stereocenters. The maximum atomic E-state index is 10.3. The second kappa shape index (κ2) is 10.3. The van der Waals surface area contributed by atoms with Crippen LogP contribution in [0.4, 0.5) is 0 Å². The van der Waals surface area contributed by atoms with Crippen molar-refractivity contribution in [2.45, 2.75) is 58.3 Å². The average molecular weight is 278 g/mol.